The number of hydrogen-bond acceptors (Lipinski definition) is 5. The van der Waals surface area contributed by atoms with Crippen molar-refractivity contribution in [2.75, 3.05) is 31.2 Å². The molecule has 10 heteroatoms. The number of carbonyl (C=O) groups excluding carboxylic acids is 1. The Morgan fingerprint density at radius 1 is 1.07 bits per heavy atom. The fourth-order valence-electron chi connectivity index (χ4n) is 4.20. The Morgan fingerprint density at radius 3 is 2.18 bits per heavy atom. The first kappa shape index (κ1) is 21.1. The van der Waals surface area contributed by atoms with E-state index in [9.17, 15) is 21.6 Å². The molecule has 2 saturated carbocycles. The molecule has 2 bridgehead atoms. The number of hydrogen-bond donors (Lipinski definition) is 1. The van der Waals surface area contributed by atoms with Crippen LogP contribution in [-0.4, -0.2) is 60.0 Å². The Hall–Kier alpha value is -1.65. The third kappa shape index (κ3) is 4.33. The van der Waals surface area contributed by atoms with Gasteiger partial charge in [-0.25, -0.2) is 21.1 Å². The van der Waals surface area contributed by atoms with Gasteiger partial charge in [-0.3, -0.25) is 9.10 Å². The van der Waals surface area contributed by atoms with Crippen LogP contribution in [0.15, 0.2) is 29.2 Å². The second-order valence-electron chi connectivity index (χ2n) is 7.90. The van der Waals surface area contributed by atoms with Gasteiger partial charge in [-0.05, 0) is 55.4 Å². The number of fused-ring (bicyclic) bond motifs is 2. The second-order valence-corrected chi connectivity index (χ2v) is 12.0. The summed E-state index contributed by atoms with van der Waals surface area (Å²) in [4.78, 5) is 12.6. The van der Waals surface area contributed by atoms with Gasteiger partial charge in [-0.15, -0.1) is 0 Å². The molecule has 8 nitrogen and oxygen atoms in total. The van der Waals surface area contributed by atoms with E-state index < -0.39 is 20.0 Å². The smallest absolute Gasteiger partial charge is 0.242 e. The molecule has 0 saturated heterocycles. The molecule has 0 radical (unpaired) electrons. The Bertz CT molecular complexity index is 942. The lowest BCUT2D eigenvalue weighted by molar-refractivity contribution is -0.120. The first-order chi connectivity index (χ1) is 13.0. The Kier molecular flexibility index (Phi) is 5.75. The molecule has 2 aliphatic rings. The van der Waals surface area contributed by atoms with Crippen LogP contribution in [0.25, 0.3) is 0 Å². The second kappa shape index (κ2) is 7.64. The van der Waals surface area contributed by atoms with E-state index >= 15 is 0 Å². The van der Waals surface area contributed by atoms with Crippen LogP contribution in [0.2, 0.25) is 0 Å². The Morgan fingerprint density at radius 2 is 1.71 bits per heavy atom. The summed E-state index contributed by atoms with van der Waals surface area (Å²) in [6.45, 7) is -0.327. The largest absolute Gasteiger partial charge is 0.352 e. The van der Waals surface area contributed by atoms with Crippen molar-refractivity contribution < 1.29 is 21.6 Å². The molecule has 1 aromatic carbocycles. The van der Waals surface area contributed by atoms with E-state index in [0.29, 0.717) is 11.8 Å². The summed E-state index contributed by atoms with van der Waals surface area (Å²) in [7, 11) is -4.48. The Labute approximate surface area is 167 Å². The summed E-state index contributed by atoms with van der Waals surface area (Å²) in [5.41, 5.74) is 0.253. The summed E-state index contributed by atoms with van der Waals surface area (Å²) >= 11 is 0. The minimum Gasteiger partial charge on any atom is -0.352 e. The third-order valence-electron chi connectivity index (χ3n) is 5.68. The molecule has 3 unspecified atom stereocenters. The lowest BCUT2D eigenvalue weighted by atomic mass is 9.95. The molecule has 0 aromatic heterocycles. The molecular weight excluding hydrogens is 402 g/mol. The van der Waals surface area contributed by atoms with Crippen LogP contribution in [0, 0.1) is 11.8 Å². The van der Waals surface area contributed by atoms with Crippen molar-refractivity contribution in [3.05, 3.63) is 24.3 Å². The van der Waals surface area contributed by atoms with Crippen LogP contribution in [-0.2, 0) is 24.8 Å². The zero-order chi connectivity index (χ0) is 20.7. The van der Waals surface area contributed by atoms with E-state index in [1.54, 1.807) is 0 Å². The predicted octanol–water partition coefficient (Wildman–Crippen LogP) is 1.01. The van der Waals surface area contributed by atoms with Crippen molar-refractivity contribution in [1.29, 1.82) is 0 Å². The maximum atomic E-state index is 12.5. The van der Waals surface area contributed by atoms with Gasteiger partial charge >= 0.3 is 0 Å². The minimum atomic E-state index is -3.71. The summed E-state index contributed by atoms with van der Waals surface area (Å²) in [6.07, 6.45) is 5.47. The number of sulfonamides is 2. The standard InChI is InChI=1S/C18H27N3O5S2/c1-20(2)28(25,26)16-8-6-15(7-9-16)21(27(3,23)24)12-18(22)19-17-11-13-4-5-14(17)10-13/h6-9,13-14,17H,4-5,10-12H2,1-3H3,(H,19,22). The Balaban J connectivity index is 1.74. The van der Waals surface area contributed by atoms with Crippen LogP contribution >= 0.6 is 0 Å². The fraction of sp³-hybridized carbons (Fsp3) is 0.611. The van der Waals surface area contributed by atoms with Gasteiger partial charge in [-0.1, -0.05) is 6.42 Å². The van der Waals surface area contributed by atoms with Gasteiger partial charge in [0, 0.05) is 20.1 Å². The maximum Gasteiger partial charge on any atom is 0.242 e. The van der Waals surface area contributed by atoms with E-state index in [-0.39, 0.29) is 29.1 Å². The number of rotatable bonds is 7. The molecule has 0 heterocycles. The van der Waals surface area contributed by atoms with Crippen molar-refractivity contribution in [1.82, 2.24) is 9.62 Å². The highest BCUT2D eigenvalue weighted by molar-refractivity contribution is 7.92. The first-order valence-electron chi connectivity index (χ1n) is 9.28. The molecule has 1 aromatic rings. The van der Waals surface area contributed by atoms with E-state index in [4.69, 9.17) is 0 Å². The lowest BCUT2D eigenvalue weighted by Crippen LogP contribution is -2.45. The minimum absolute atomic E-state index is 0.0566. The zero-order valence-electron chi connectivity index (χ0n) is 16.3. The monoisotopic (exact) mass is 429 g/mol. The molecule has 2 fully saturated rings. The van der Waals surface area contributed by atoms with Gasteiger partial charge in [0.05, 0.1) is 16.8 Å². The molecule has 28 heavy (non-hydrogen) atoms. The molecule has 156 valence electrons. The van der Waals surface area contributed by atoms with E-state index in [0.717, 1.165) is 34.1 Å². The van der Waals surface area contributed by atoms with Gasteiger partial charge in [0.1, 0.15) is 6.54 Å². The summed E-state index contributed by atoms with van der Waals surface area (Å²) in [5.74, 6) is 0.830. The molecule has 2 aliphatic carbocycles. The summed E-state index contributed by atoms with van der Waals surface area (Å²) < 4.78 is 50.9. The van der Waals surface area contributed by atoms with Gasteiger partial charge in [0.2, 0.25) is 26.0 Å². The molecule has 0 aliphatic heterocycles. The van der Waals surface area contributed by atoms with Crippen molar-refractivity contribution in [3.63, 3.8) is 0 Å². The number of benzene rings is 1. The van der Waals surface area contributed by atoms with Crippen molar-refractivity contribution in [3.8, 4) is 0 Å². The zero-order valence-corrected chi connectivity index (χ0v) is 18.0. The van der Waals surface area contributed by atoms with Gasteiger partial charge in [0.25, 0.3) is 0 Å². The van der Waals surface area contributed by atoms with Gasteiger partial charge in [0.15, 0.2) is 0 Å². The third-order valence-corrected chi connectivity index (χ3v) is 8.65. The number of amides is 1. The van der Waals surface area contributed by atoms with Gasteiger partial charge < -0.3 is 5.32 Å². The molecule has 0 spiro atoms. The number of nitrogens with one attached hydrogen (secondary N) is 1. The van der Waals surface area contributed by atoms with Crippen LogP contribution < -0.4 is 9.62 Å². The van der Waals surface area contributed by atoms with E-state index in [1.165, 1.54) is 44.8 Å². The normalized spacial score (nSPS) is 24.5. The summed E-state index contributed by atoms with van der Waals surface area (Å²) in [6, 6.07) is 5.62. The lowest BCUT2D eigenvalue weighted by Gasteiger charge is -2.26. The highest BCUT2D eigenvalue weighted by atomic mass is 32.2. The number of anilines is 1. The molecule has 3 atom stereocenters. The maximum absolute atomic E-state index is 12.5. The van der Waals surface area contributed by atoms with Crippen molar-refractivity contribution >= 4 is 31.6 Å². The van der Waals surface area contributed by atoms with Crippen molar-refractivity contribution in [2.45, 2.75) is 36.6 Å². The van der Waals surface area contributed by atoms with Crippen molar-refractivity contribution in [2.24, 2.45) is 11.8 Å². The fourth-order valence-corrected chi connectivity index (χ4v) is 5.96. The van der Waals surface area contributed by atoms with Crippen LogP contribution in [0.3, 0.4) is 0 Å². The molecule has 1 N–H and O–H groups in total. The van der Waals surface area contributed by atoms with E-state index in [1.807, 2.05) is 0 Å². The highest BCUT2D eigenvalue weighted by Gasteiger charge is 2.40. The molecule has 1 amide bonds. The number of nitrogens with zero attached hydrogens (tertiary/aromatic N) is 2. The van der Waals surface area contributed by atoms with Crippen LogP contribution in [0.5, 0.6) is 0 Å². The molecular formula is C18H27N3O5S2. The predicted molar refractivity (Wildman–Crippen MR) is 107 cm³/mol. The summed E-state index contributed by atoms with van der Waals surface area (Å²) in [5, 5.41) is 2.99. The highest BCUT2D eigenvalue weighted by Crippen LogP contribution is 2.44. The van der Waals surface area contributed by atoms with Crippen LogP contribution in [0.4, 0.5) is 5.69 Å². The van der Waals surface area contributed by atoms with Crippen LogP contribution in [0.1, 0.15) is 25.7 Å². The first-order valence-corrected chi connectivity index (χ1v) is 12.6. The van der Waals surface area contributed by atoms with E-state index in [2.05, 4.69) is 5.32 Å². The quantitative estimate of drug-likeness (QED) is 0.697. The molecule has 3 rings (SSSR count). The average Bonchev–Trinajstić information content (AvgIpc) is 3.21. The topological polar surface area (TPSA) is 104 Å². The SMILES string of the molecule is CN(C)S(=O)(=O)c1ccc(N(CC(=O)NC2CC3CCC2C3)S(C)(=O)=O)cc1. The number of carbonyl (C=O) groups is 1. The average molecular weight is 430 g/mol. The van der Waals surface area contributed by atoms with Gasteiger partial charge in [-0.2, -0.15) is 0 Å².